The second-order valence-electron chi connectivity index (χ2n) is 4.92. The molecule has 1 aromatic carbocycles. The number of carbonyl (C=O) groups is 1. The predicted molar refractivity (Wildman–Crippen MR) is 80.9 cm³/mol. The topological polar surface area (TPSA) is 59.8 Å². The van der Waals surface area contributed by atoms with Gasteiger partial charge in [0.1, 0.15) is 11.5 Å². The second kappa shape index (κ2) is 5.36. The number of carbonyl (C=O) groups excluding carboxylic acids is 1. The minimum Gasteiger partial charge on any atom is -0.343 e. The Morgan fingerprint density at radius 2 is 1.95 bits per heavy atom. The maximum Gasteiger partial charge on any atom is 0.270 e. The van der Waals surface area contributed by atoms with Gasteiger partial charge in [-0.05, 0) is 31.2 Å². The summed E-state index contributed by atoms with van der Waals surface area (Å²) < 4.78 is 1.99. The average molecular weight is 280 g/mol. The first kappa shape index (κ1) is 13.3. The van der Waals surface area contributed by atoms with Crippen molar-refractivity contribution in [3.05, 3.63) is 59.7 Å². The van der Waals surface area contributed by atoms with E-state index >= 15 is 0 Å². The number of aromatic nitrogens is 3. The maximum absolute atomic E-state index is 12.1. The molecule has 0 radical (unpaired) electrons. The van der Waals surface area contributed by atoms with Crippen molar-refractivity contribution in [2.24, 2.45) is 7.05 Å². The van der Waals surface area contributed by atoms with Crippen LogP contribution in [0.2, 0.25) is 0 Å². The summed E-state index contributed by atoms with van der Waals surface area (Å²) in [5, 5.41) is 2.86. The van der Waals surface area contributed by atoms with E-state index in [9.17, 15) is 4.79 Å². The summed E-state index contributed by atoms with van der Waals surface area (Å²) in [6.07, 6.45) is 0. The Labute approximate surface area is 122 Å². The average Bonchev–Trinajstić information content (AvgIpc) is 2.82. The van der Waals surface area contributed by atoms with Crippen molar-refractivity contribution in [2.75, 3.05) is 0 Å². The second-order valence-corrected chi connectivity index (χ2v) is 4.92. The number of pyridine rings is 1. The number of hydrogen-bond donors (Lipinski definition) is 1. The molecule has 1 N–H and O–H groups in total. The molecule has 0 spiro atoms. The summed E-state index contributed by atoms with van der Waals surface area (Å²) in [6.45, 7) is 2.24. The van der Waals surface area contributed by atoms with Crippen LogP contribution in [0.4, 0.5) is 0 Å². The van der Waals surface area contributed by atoms with Gasteiger partial charge in [0.25, 0.3) is 5.91 Å². The third-order valence-electron chi connectivity index (χ3n) is 3.41. The van der Waals surface area contributed by atoms with E-state index in [0.717, 1.165) is 22.6 Å². The van der Waals surface area contributed by atoms with Crippen molar-refractivity contribution < 1.29 is 4.79 Å². The quantitative estimate of drug-likeness (QED) is 0.800. The van der Waals surface area contributed by atoms with Crippen LogP contribution in [0.3, 0.4) is 0 Å². The third-order valence-corrected chi connectivity index (χ3v) is 3.41. The summed E-state index contributed by atoms with van der Waals surface area (Å²) in [5.74, 6) is 0.628. The fourth-order valence-electron chi connectivity index (χ4n) is 2.27. The summed E-state index contributed by atoms with van der Waals surface area (Å²) >= 11 is 0. The van der Waals surface area contributed by atoms with Crippen molar-refractivity contribution in [3.8, 4) is 0 Å². The molecule has 0 unspecified atom stereocenters. The molecular formula is C16H16N4O. The normalized spacial score (nSPS) is 10.8. The van der Waals surface area contributed by atoms with Gasteiger partial charge >= 0.3 is 0 Å². The molecule has 0 fully saturated rings. The molecule has 0 saturated heterocycles. The van der Waals surface area contributed by atoms with Gasteiger partial charge in [0, 0.05) is 12.7 Å². The lowest BCUT2D eigenvalue weighted by Gasteiger charge is -2.05. The summed E-state index contributed by atoms with van der Waals surface area (Å²) in [4.78, 5) is 20.8. The molecule has 5 heteroatoms. The summed E-state index contributed by atoms with van der Waals surface area (Å²) in [5.41, 5.74) is 3.23. The van der Waals surface area contributed by atoms with Gasteiger partial charge in [-0.15, -0.1) is 0 Å². The molecule has 2 heterocycles. The zero-order valence-corrected chi connectivity index (χ0v) is 12.0. The minimum atomic E-state index is -0.189. The van der Waals surface area contributed by atoms with Crippen molar-refractivity contribution in [2.45, 2.75) is 13.5 Å². The molecule has 106 valence electrons. The van der Waals surface area contributed by atoms with Crippen LogP contribution in [0, 0.1) is 6.92 Å². The van der Waals surface area contributed by atoms with Gasteiger partial charge in [-0.3, -0.25) is 4.79 Å². The molecule has 21 heavy (non-hydrogen) atoms. The number of fused-ring (bicyclic) bond motifs is 1. The molecule has 0 saturated carbocycles. The largest absolute Gasteiger partial charge is 0.343 e. The molecule has 2 aromatic heterocycles. The maximum atomic E-state index is 12.1. The molecule has 0 aliphatic carbocycles. The third kappa shape index (κ3) is 2.63. The number of rotatable bonds is 3. The van der Waals surface area contributed by atoms with Gasteiger partial charge in [0.2, 0.25) is 0 Å². The smallest absolute Gasteiger partial charge is 0.270 e. The van der Waals surface area contributed by atoms with E-state index in [1.807, 2.05) is 54.9 Å². The first-order valence-corrected chi connectivity index (χ1v) is 6.77. The Morgan fingerprint density at radius 3 is 2.71 bits per heavy atom. The van der Waals surface area contributed by atoms with Gasteiger partial charge in [0.15, 0.2) is 0 Å². The first-order chi connectivity index (χ1) is 10.1. The molecule has 3 aromatic rings. The van der Waals surface area contributed by atoms with Crippen molar-refractivity contribution in [3.63, 3.8) is 0 Å². The highest BCUT2D eigenvalue weighted by molar-refractivity contribution is 5.92. The SMILES string of the molecule is Cc1cccc(C(=O)NCc2nc3ccccc3n2C)n1. The lowest BCUT2D eigenvalue weighted by Crippen LogP contribution is -2.25. The minimum absolute atomic E-state index is 0.189. The number of imidazole rings is 1. The van der Waals surface area contributed by atoms with Gasteiger partial charge < -0.3 is 9.88 Å². The van der Waals surface area contributed by atoms with E-state index in [1.165, 1.54) is 0 Å². The fraction of sp³-hybridized carbons (Fsp3) is 0.188. The Bertz CT molecular complexity index is 807. The first-order valence-electron chi connectivity index (χ1n) is 6.77. The highest BCUT2D eigenvalue weighted by Gasteiger charge is 2.10. The van der Waals surface area contributed by atoms with Crippen molar-refractivity contribution >= 4 is 16.9 Å². The van der Waals surface area contributed by atoms with E-state index in [0.29, 0.717) is 12.2 Å². The molecule has 3 rings (SSSR count). The predicted octanol–water partition coefficient (Wildman–Crippen LogP) is 2.21. The number of nitrogens with one attached hydrogen (secondary N) is 1. The van der Waals surface area contributed by atoms with E-state index in [-0.39, 0.29) is 5.91 Å². The molecule has 0 atom stereocenters. The highest BCUT2D eigenvalue weighted by Crippen LogP contribution is 2.14. The van der Waals surface area contributed by atoms with E-state index in [2.05, 4.69) is 15.3 Å². The van der Waals surface area contributed by atoms with Crippen LogP contribution in [0.15, 0.2) is 42.5 Å². The molecule has 5 nitrogen and oxygen atoms in total. The van der Waals surface area contributed by atoms with Crippen LogP contribution in [0.1, 0.15) is 22.0 Å². The van der Waals surface area contributed by atoms with Crippen LogP contribution in [0.5, 0.6) is 0 Å². The van der Waals surface area contributed by atoms with Gasteiger partial charge in [-0.25, -0.2) is 9.97 Å². The zero-order chi connectivity index (χ0) is 14.8. The van der Waals surface area contributed by atoms with E-state index in [1.54, 1.807) is 6.07 Å². The van der Waals surface area contributed by atoms with Crippen LogP contribution >= 0.6 is 0 Å². The van der Waals surface area contributed by atoms with Gasteiger partial charge in [0.05, 0.1) is 17.6 Å². The Kier molecular flexibility index (Phi) is 3.39. The van der Waals surface area contributed by atoms with E-state index < -0.39 is 0 Å². The fourth-order valence-corrected chi connectivity index (χ4v) is 2.27. The summed E-state index contributed by atoms with van der Waals surface area (Å²) in [6, 6.07) is 13.3. The van der Waals surface area contributed by atoms with Crippen LogP contribution in [-0.4, -0.2) is 20.4 Å². The van der Waals surface area contributed by atoms with Crippen LogP contribution in [0.25, 0.3) is 11.0 Å². The Morgan fingerprint density at radius 1 is 1.14 bits per heavy atom. The van der Waals surface area contributed by atoms with Crippen LogP contribution < -0.4 is 5.32 Å². The monoisotopic (exact) mass is 280 g/mol. The molecule has 0 bridgehead atoms. The van der Waals surface area contributed by atoms with Crippen molar-refractivity contribution in [1.82, 2.24) is 19.9 Å². The molecular weight excluding hydrogens is 264 g/mol. The number of para-hydroxylation sites is 2. The standard InChI is InChI=1S/C16H16N4O/c1-11-6-5-8-13(18-11)16(21)17-10-15-19-12-7-3-4-9-14(12)20(15)2/h3-9H,10H2,1-2H3,(H,17,21). The number of aryl methyl sites for hydroxylation is 2. The number of nitrogens with zero attached hydrogens (tertiary/aromatic N) is 3. The van der Waals surface area contributed by atoms with Crippen LogP contribution in [-0.2, 0) is 13.6 Å². The molecule has 0 aliphatic heterocycles. The molecule has 0 aliphatic rings. The lowest BCUT2D eigenvalue weighted by molar-refractivity contribution is 0.0944. The lowest BCUT2D eigenvalue weighted by atomic mass is 10.3. The summed E-state index contributed by atoms with van der Waals surface area (Å²) in [7, 11) is 1.95. The molecule has 1 amide bonds. The van der Waals surface area contributed by atoms with E-state index in [4.69, 9.17) is 0 Å². The van der Waals surface area contributed by atoms with Gasteiger partial charge in [-0.2, -0.15) is 0 Å². The highest BCUT2D eigenvalue weighted by atomic mass is 16.1. The number of hydrogen-bond acceptors (Lipinski definition) is 3. The Hall–Kier alpha value is -2.69. The van der Waals surface area contributed by atoms with Crippen molar-refractivity contribution in [1.29, 1.82) is 0 Å². The zero-order valence-electron chi connectivity index (χ0n) is 12.0. The number of amides is 1. The van der Waals surface area contributed by atoms with Gasteiger partial charge in [-0.1, -0.05) is 18.2 Å². The number of benzene rings is 1. The Balaban J connectivity index is 1.77.